The SMILES string of the molecule is CCc1ccccc1OCC(=O)NS(=O)(=O)c1c(C)noc1C. The standard InChI is InChI=1S/C15H18N2O5S/c1-4-12-7-5-6-8-13(12)21-9-14(18)17-23(19,20)15-10(2)16-22-11(15)3/h5-8H,4,9H2,1-3H3,(H,17,18). The van der Waals surface area contributed by atoms with Crippen LogP contribution in [-0.2, 0) is 21.2 Å². The third-order valence-corrected chi connectivity index (χ3v) is 4.81. The smallest absolute Gasteiger partial charge is 0.271 e. The molecule has 0 atom stereocenters. The van der Waals surface area contributed by atoms with Crippen molar-refractivity contribution in [3.63, 3.8) is 0 Å². The molecule has 124 valence electrons. The summed E-state index contributed by atoms with van der Waals surface area (Å²) >= 11 is 0. The minimum absolute atomic E-state index is 0.125. The number of amides is 1. The summed E-state index contributed by atoms with van der Waals surface area (Å²) in [5.74, 6) is -0.0872. The molecule has 1 aromatic heterocycles. The van der Waals surface area contributed by atoms with E-state index in [1.165, 1.54) is 13.8 Å². The molecule has 0 aliphatic heterocycles. The van der Waals surface area contributed by atoms with Gasteiger partial charge in [-0.1, -0.05) is 30.3 Å². The molecule has 0 aliphatic carbocycles. The highest BCUT2D eigenvalue weighted by atomic mass is 32.2. The zero-order chi connectivity index (χ0) is 17.0. The fraction of sp³-hybridized carbons (Fsp3) is 0.333. The number of carbonyl (C=O) groups is 1. The molecule has 0 saturated heterocycles. The van der Waals surface area contributed by atoms with Gasteiger partial charge >= 0.3 is 0 Å². The van der Waals surface area contributed by atoms with Crippen molar-refractivity contribution in [3.05, 3.63) is 41.3 Å². The number of nitrogens with zero attached hydrogens (tertiary/aromatic N) is 1. The minimum atomic E-state index is -4.03. The van der Waals surface area contributed by atoms with Crippen LogP contribution in [0.5, 0.6) is 5.75 Å². The molecule has 23 heavy (non-hydrogen) atoms. The highest BCUT2D eigenvalue weighted by Gasteiger charge is 2.26. The second-order valence-corrected chi connectivity index (χ2v) is 6.55. The van der Waals surface area contributed by atoms with E-state index in [-0.39, 0.29) is 16.3 Å². The molecular weight excluding hydrogens is 320 g/mol. The largest absolute Gasteiger partial charge is 0.483 e. The van der Waals surface area contributed by atoms with E-state index in [1.807, 2.05) is 23.8 Å². The molecule has 7 nitrogen and oxygen atoms in total. The molecule has 1 heterocycles. The van der Waals surface area contributed by atoms with Crippen molar-refractivity contribution in [2.45, 2.75) is 32.1 Å². The van der Waals surface area contributed by atoms with Crippen LogP contribution < -0.4 is 9.46 Å². The predicted molar refractivity (Wildman–Crippen MR) is 82.6 cm³/mol. The zero-order valence-corrected chi connectivity index (χ0v) is 13.9. The van der Waals surface area contributed by atoms with Gasteiger partial charge in [-0.2, -0.15) is 0 Å². The summed E-state index contributed by atoms with van der Waals surface area (Å²) in [6, 6.07) is 7.27. The first-order chi connectivity index (χ1) is 10.8. The Balaban J connectivity index is 2.05. The molecule has 8 heteroatoms. The van der Waals surface area contributed by atoms with Crippen LogP contribution in [0.25, 0.3) is 0 Å². The fourth-order valence-electron chi connectivity index (χ4n) is 2.17. The summed E-state index contributed by atoms with van der Waals surface area (Å²) in [4.78, 5) is 11.8. The molecule has 2 aromatic rings. The Morgan fingerprint density at radius 1 is 1.30 bits per heavy atom. The van der Waals surface area contributed by atoms with Gasteiger partial charge in [-0.05, 0) is 31.9 Å². The first-order valence-electron chi connectivity index (χ1n) is 7.04. The van der Waals surface area contributed by atoms with Crippen LogP contribution in [0.15, 0.2) is 33.7 Å². The first-order valence-corrected chi connectivity index (χ1v) is 8.52. The Morgan fingerprint density at radius 3 is 2.61 bits per heavy atom. The molecule has 2 rings (SSSR count). The van der Waals surface area contributed by atoms with Gasteiger partial charge in [0.25, 0.3) is 15.9 Å². The number of ether oxygens (including phenoxy) is 1. The molecule has 0 fully saturated rings. The van der Waals surface area contributed by atoms with Gasteiger partial charge in [0.15, 0.2) is 17.3 Å². The summed E-state index contributed by atoms with van der Waals surface area (Å²) < 4.78 is 36.6. The van der Waals surface area contributed by atoms with Gasteiger partial charge in [0.1, 0.15) is 11.4 Å². The summed E-state index contributed by atoms with van der Waals surface area (Å²) in [5, 5.41) is 3.57. The number of benzene rings is 1. The number of aromatic nitrogens is 1. The first kappa shape index (κ1) is 17.0. The average Bonchev–Trinajstić information content (AvgIpc) is 2.84. The second-order valence-electron chi connectivity index (χ2n) is 4.93. The molecule has 1 aromatic carbocycles. The van der Waals surface area contributed by atoms with Crippen molar-refractivity contribution in [2.24, 2.45) is 0 Å². The molecular formula is C15H18N2O5S. The molecule has 0 aliphatic rings. The fourth-order valence-corrected chi connectivity index (χ4v) is 3.47. The topological polar surface area (TPSA) is 98.5 Å². The van der Waals surface area contributed by atoms with E-state index in [2.05, 4.69) is 5.16 Å². The molecule has 0 saturated carbocycles. The zero-order valence-electron chi connectivity index (χ0n) is 13.1. The van der Waals surface area contributed by atoms with E-state index < -0.39 is 22.5 Å². The van der Waals surface area contributed by atoms with Crippen LogP contribution in [-0.4, -0.2) is 26.1 Å². The normalized spacial score (nSPS) is 11.3. The van der Waals surface area contributed by atoms with Gasteiger partial charge in [-0.15, -0.1) is 0 Å². The number of hydrogen-bond donors (Lipinski definition) is 1. The molecule has 1 N–H and O–H groups in total. The van der Waals surface area contributed by atoms with Crippen LogP contribution in [0.4, 0.5) is 0 Å². The number of aryl methyl sites for hydroxylation is 3. The van der Waals surface area contributed by atoms with Gasteiger partial charge in [0.2, 0.25) is 0 Å². The van der Waals surface area contributed by atoms with Crippen molar-refractivity contribution >= 4 is 15.9 Å². The van der Waals surface area contributed by atoms with E-state index in [9.17, 15) is 13.2 Å². The number of hydrogen-bond acceptors (Lipinski definition) is 6. The Bertz CT molecular complexity index is 792. The van der Waals surface area contributed by atoms with Gasteiger partial charge in [0.05, 0.1) is 0 Å². The van der Waals surface area contributed by atoms with Crippen LogP contribution in [0.2, 0.25) is 0 Å². The molecule has 0 radical (unpaired) electrons. The van der Waals surface area contributed by atoms with Crippen molar-refractivity contribution in [3.8, 4) is 5.75 Å². The molecule has 0 unspecified atom stereocenters. The van der Waals surface area contributed by atoms with Crippen LogP contribution in [0, 0.1) is 13.8 Å². The molecule has 0 spiro atoms. The molecule has 0 bridgehead atoms. The number of rotatable bonds is 6. The molecule has 1 amide bonds. The van der Waals surface area contributed by atoms with Crippen LogP contribution in [0.1, 0.15) is 23.9 Å². The maximum absolute atomic E-state index is 12.2. The average molecular weight is 338 g/mol. The quantitative estimate of drug-likeness (QED) is 0.861. The van der Waals surface area contributed by atoms with Gasteiger partial charge in [-0.3, -0.25) is 4.79 Å². The van der Waals surface area contributed by atoms with Crippen LogP contribution in [0.3, 0.4) is 0 Å². The lowest BCUT2D eigenvalue weighted by Crippen LogP contribution is -2.35. The summed E-state index contributed by atoms with van der Waals surface area (Å²) in [6.07, 6.45) is 0.745. The summed E-state index contributed by atoms with van der Waals surface area (Å²) in [5.41, 5.74) is 1.13. The summed E-state index contributed by atoms with van der Waals surface area (Å²) in [6.45, 7) is 4.51. The lowest BCUT2D eigenvalue weighted by Gasteiger charge is -2.10. The van der Waals surface area contributed by atoms with Crippen molar-refractivity contribution in [1.29, 1.82) is 0 Å². The van der Waals surface area contributed by atoms with Crippen LogP contribution >= 0.6 is 0 Å². The van der Waals surface area contributed by atoms with Gasteiger partial charge in [-0.25, -0.2) is 13.1 Å². The lowest BCUT2D eigenvalue weighted by molar-refractivity contribution is -0.121. The van der Waals surface area contributed by atoms with E-state index in [1.54, 1.807) is 12.1 Å². The maximum Gasteiger partial charge on any atom is 0.271 e. The van der Waals surface area contributed by atoms with Crippen molar-refractivity contribution < 1.29 is 22.5 Å². The minimum Gasteiger partial charge on any atom is -0.483 e. The second kappa shape index (κ2) is 6.82. The lowest BCUT2D eigenvalue weighted by atomic mass is 10.1. The van der Waals surface area contributed by atoms with E-state index in [4.69, 9.17) is 9.26 Å². The van der Waals surface area contributed by atoms with E-state index >= 15 is 0 Å². The number of sulfonamides is 1. The van der Waals surface area contributed by atoms with E-state index in [0.29, 0.717) is 5.75 Å². The monoisotopic (exact) mass is 338 g/mol. The van der Waals surface area contributed by atoms with Crippen molar-refractivity contribution in [1.82, 2.24) is 9.88 Å². The van der Waals surface area contributed by atoms with E-state index in [0.717, 1.165) is 12.0 Å². The number of nitrogens with one attached hydrogen (secondary N) is 1. The maximum atomic E-state index is 12.2. The van der Waals surface area contributed by atoms with Gasteiger partial charge < -0.3 is 9.26 Å². The Hall–Kier alpha value is -2.35. The Morgan fingerprint density at radius 2 is 2.00 bits per heavy atom. The highest BCUT2D eigenvalue weighted by molar-refractivity contribution is 7.90. The number of para-hydroxylation sites is 1. The Kier molecular flexibility index (Phi) is 5.05. The van der Waals surface area contributed by atoms with Gasteiger partial charge in [0, 0.05) is 0 Å². The Labute approximate surface area is 134 Å². The summed E-state index contributed by atoms with van der Waals surface area (Å²) in [7, 11) is -4.03. The van der Waals surface area contributed by atoms with Crippen molar-refractivity contribution in [2.75, 3.05) is 6.61 Å². The highest BCUT2D eigenvalue weighted by Crippen LogP contribution is 2.19. The number of carbonyl (C=O) groups excluding carboxylic acids is 1. The predicted octanol–water partition coefficient (Wildman–Crippen LogP) is 1.74. The third kappa shape index (κ3) is 3.89. The third-order valence-electron chi connectivity index (χ3n) is 3.20.